The van der Waals surface area contributed by atoms with Crippen LogP contribution in [0.2, 0.25) is 0 Å². The van der Waals surface area contributed by atoms with Crippen LogP contribution in [0, 0.1) is 0 Å². The van der Waals surface area contributed by atoms with Crippen LogP contribution in [0.15, 0.2) is 18.2 Å². The Hall–Kier alpha value is -1.75. The Kier molecular flexibility index (Phi) is 5.29. The van der Waals surface area contributed by atoms with E-state index < -0.39 is 0 Å². The van der Waals surface area contributed by atoms with Gasteiger partial charge in [0.15, 0.2) is 0 Å². The molecule has 1 aromatic carbocycles. The second kappa shape index (κ2) is 6.75. The Labute approximate surface area is 101 Å². The van der Waals surface area contributed by atoms with Gasteiger partial charge in [0.1, 0.15) is 23.8 Å². The molecule has 5 heteroatoms. The van der Waals surface area contributed by atoms with Crippen molar-refractivity contribution < 1.29 is 19.0 Å². The molecule has 0 heterocycles. The Morgan fingerprint density at radius 1 is 1.24 bits per heavy atom. The second-order valence-electron chi connectivity index (χ2n) is 3.22. The van der Waals surface area contributed by atoms with Gasteiger partial charge in [0.2, 0.25) is 0 Å². The molecule has 0 unspecified atom stereocenters. The van der Waals surface area contributed by atoms with Crippen molar-refractivity contribution in [2.45, 2.75) is 6.92 Å². The fourth-order valence-corrected chi connectivity index (χ4v) is 1.34. The first-order valence-corrected chi connectivity index (χ1v) is 5.31. The molecule has 1 rings (SSSR count). The van der Waals surface area contributed by atoms with E-state index in [9.17, 15) is 4.79 Å². The molecular formula is C12H17NO4. The van der Waals surface area contributed by atoms with Gasteiger partial charge in [-0.3, -0.25) is 4.79 Å². The van der Waals surface area contributed by atoms with E-state index in [1.807, 2.05) is 6.92 Å². The predicted octanol–water partition coefficient (Wildman–Crippen LogP) is 1.68. The lowest BCUT2D eigenvalue weighted by Gasteiger charge is -2.13. The highest BCUT2D eigenvalue weighted by atomic mass is 16.5. The van der Waals surface area contributed by atoms with Crippen molar-refractivity contribution in [1.29, 1.82) is 0 Å². The summed E-state index contributed by atoms with van der Waals surface area (Å²) in [5, 5.41) is 2.70. The minimum atomic E-state index is -0.241. The maximum absolute atomic E-state index is 11.6. The fraction of sp³-hybridized carbons (Fsp3) is 0.417. The zero-order valence-electron chi connectivity index (χ0n) is 10.3. The molecule has 0 aromatic heterocycles. The van der Waals surface area contributed by atoms with Crippen molar-refractivity contribution in [3.63, 3.8) is 0 Å². The topological polar surface area (TPSA) is 56.8 Å². The molecular weight excluding hydrogens is 222 g/mol. The van der Waals surface area contributed by atoms with Crippen LogP contribution >= 0.6 is 0 Å². The SMILES string of the molecule is CCOCC(=O)Nc1c(OC)cccc1OC. The molecule has 0 aliphatic rings. The summed E-state index contributed by atoms with van der Waals surface area (Å²) >= 11 is 0. The molecule has 0 spiro atoms. The van der Waals surface area contributed by atoms with E-state index in [-0.39, 0.29) is 12.5 Å². The summed E-state index contributed by atoms with van der Waals surface area (Å²) < 4.78 is 15.3. The number of carbonyl (C=O) groups is 1. The van der Waals surface area contributed by atoms with Crippen molar-refractivity contribution in [2.24, 2.45) is 0 Å². The van der Waals surface area contributed by atoms with E-state index in [1.54, 1.807) is 18.2 Å². The molecule has 0 aliphatic heterocycles. The van der Waals surface area contributed by atoms with Gasteiger partial charge in [0.05, 0.1) is 14.2 Å². The number of hydrogen-bond donors (Lipinski definition) is 1. The number of hydrogen-bond acceptors (Lipinski definition) is 4. The minimum absolute atomic E-state index is 0.0116. The highest BCUT2D eigenvalue weighted by molar-refractivity contribution is 5.95. The number of anilines is 1. The third kappa shape index (κ3) is 3.64. The third-order valence-corrected chi connectivity index (χ3v) is 2.13. The van der Waals surface area contributed by atoms with Crippen LogP contribution < -0.4 is 14.8 Å². The molecule has 0 aliphatic carbocycles. The average molecular weight is 239 g/mol. The summed E-state index contributed by atoms with van der Waals surface area (Å²) in [5.74, 6) is 0.859. The Morgan fingerprint density at radius 3 is 2.29 bits per heavy atom. The van der Waals surface area contributed by atoms with Crippen molar-refractivity contribution >= 4 is 11.6 Å². The number of carbonyl (C=O) groups excluding carboxylic acids is 1. The average Bonchev–Trinajstić information content (AvgIpc) is 2.36. The van der Waals surface area contributed by atoms with Gasteiger partial charge in [-0.25, -0.2) is 0 Å². The van der Waals surface area contributed by atoms with Crippen LogP contribution in [-0.4, -0.2) is 33.3 Å². The standard InChI is InChI=1S/C12H17NO4/c1-4-17-8-11(14)13-12-9(15-2)6-5-7-10(12)16-3/h5-7H,4,8H2,1-3H3,(H,13,14). The largest absolute Gasteiger partial charge is 0.494 e. The van der Waals surface area contributed by atoms with E-state index in [4.69, 9.17) is 14.2 Å². The summed E-state index contributed by atoms with van der Waals surface area (Å²) in [6.07, 6.45) is 0. The van der Waals surface area contributed by atoms with E-state index in [1.165, 1.54) is 14.2 Å². The lowest BCUT2D eigenvalue weighted by molar-refractivity contribution is -0.120. The summed E-state index contributed by atoms with van der Waals surface area (Å²) in [7, 11) is 3.07. The molecule has 5 nitrogen and oxygen atoms in total. The number of ether oxygens (including phenoxy) is 3. The summed E-state index contributed by atoms with van der Waals surface area (Å²) in [4.78, 5) is 11.6. The molecule has 1 aromatic rings. The molecule has 0 saturated heterocycles. The zero-order chi connectivity index (χ0) is 12.7. The maximum Gasteiger partial charge on any atom is 0.250 e. The summed E-state index contributed by atoms with van der Waals surface area (Å²) in [6.45, 7) is 2.34. The molecule has 0 fully saturated rings. The van der Waals surface area contributed by atoms with Gasteiger partial charge in [-0.2, -0.15) is 0 Å². The molecule has 94 valence electrons. The van der Waals surface area contributed by atoms with E-state index in [0.29, 0.717) is 23.8 Å². The maximum atomic E-state index is 11.6. The Balaban J connectivity index is 2.83. The van der Waals surface area contributed by atoms with Gasteiger partial charge < -0.3 is 19.5 Å². The van der Waals surface area contributed by atoms with E-state index >= 15 is 0 Å². The van der Waals surface area contributed by atoms with Crippen molar-refractivity contribution in [3.8, 4) is 11.5 Å². The second-order valence-corrected chi connectivity index (χ2v) is 3.22. The molecule has 1 N–H and O–H groups in total. The highest BCUT2D eigenvalue weighted by Gasteiger charge is 2.12. The van der Waals surface area contributed by atoms with Crippen LogP contribution in [0.5, 0.6) is 11.5 Å². The van der Waals surface area contributed by atoms with Gasteiger partial charge in [0, 0.05) is 6.61 Å². The lowest BCUT2D eigenvalue weighted by Crippen LogP contribution is -2.19. The molecule has 0 atom stereocenters. The quantitative estimate of drug-likeness (QED) is 0.820. The van der Waals surface area contributed by atoms with Gasteiger partial charge in [-0.15, -0.1) is 0 Å². The number of nitrogens with one attached hydrogen (secondary N) is 1. The predicted molar refractivity (Wildman–Crippen MR) is 64.7 cm³/mol. The Bertz CT molecular complexity index is 357. The monoisotopic (exact) mass is 239 g/mol. The number of rotatable bonds is 6. The molecule has 17 heavy (non-hydrogen) atoms. The first-order valence-electron chi connectivity index (χ1n) is 5.31. The van der Waals surface area contributed by atoms with Crippen LogP contribution in [-0.2, 0) is 9.53 Å². The summed E-state index contributed by atoms with van der Waals surface area (Å²) in [6, 6.07) is 5.29. The Morgan fingerprint density at radius 2 is 1.82 bits per heavy atom. The molecule has 0 radical (unpaired) electrons. The van der Waals surface area contributed by atoms with Crippen molar-refractivity contribution in [3.05, 3.63) is 18.2 Å². The fourth-order valence-electron chi connectivity index (χ4n) is 1.34. The van der Waals surface area contributed by atoms with Crippen LogP contribution in [0.3, 0.4) is 0 Å². The van der Waals surface area contributed by atoms with Crippen LogP contribution in [0.1, 0.15) is 6.92 Å². The zero-order valence-corrected chi connectivity index (χ0v) is 10.3. The van der Waals surface area contributed by atoms with Crippen LogP contribution in [0.25, 0.3) is 0 Å². The highest BCUT2D eigenvalue weighted by Crippen LogP contribution is 2.33. The lowest BCUT2D eigenvalue weighted by atomic mass is 10.2. The van der Waals surface area contributed by atoms with Crippen molar-refractivity contribution in [1.82, 2.24) is 0 Å². The van der Waals surface area contributed by atoms with Crippen molar-refractivity contribution in [2.75, 3.05) is 32.8 Å². The number of amides is 1. The van der Waals surface area contributed by atoms with Gasteiger partial charge >= 0.3 is 0 Å². The third-order valence-electron chi connectivity index (χ3n) is 2.13. The van der Waals surface area contributed by atoms with E-state index in [0.717, 1.165) is 0 Å². The van der Waals surface area contributed by atoms with E-state index in [2.05, 4.69) is 5.32 Å². The molecule has 0 saturated carbocycles. The minimum Gasteiger partial charge on any atom is -0.494 e. The van der Waals surface area contributed by atoms with Crippen LogP contribution in [0.4, 0.5) is 5.69 Å². The first kappa shape index (κ1) is 13.3. The first-order chi connectivity index (χ1) is 8.22. The van der Waals surface area contributed by atoms with Gasteiger partial charge in [-0.1, -0.05) is 6.07 Å². The summed E-state index contributed by atoms with van der Waals surface area (Å²) in [5.41, 5.74) is 0.516. The smallest absolute Gasteiger partial charge is 0.250 e. The molecule has 0 bridgehead atoms. The van der Waals surface area contributed by atoms with Gasteiger partial charge in [-0.05, 0) is 19.1 Å². The van der Waals surface area contributed by atoms with Gasteiger partial charge in [0.25, 0.3) is 5.91 Å². The number of benzene rings is 1. The number of methoxy groups -OCH3 is 2. The normalized spacial score (nSPS) is 9.82. The number of para-hydroxylation sites is 1. The molecule has 1 amide bonds.